The number of rotatable bonds is 4. The van der Waals surface area contributed by atoms with Crippen LogP contribution in [0.2, 0.25) is 0 Å². The fraction of sp³-hybridized carbons (Fsp3) is 0. The van der Waals surface area contributed by atoms with Gasteiger partial charge in [-0.1, -0.05) is 12.1 Å². The molecule has 0 unspecified atom stereocenters. The van der Waals surface area contributed by atoms with E-state index in [1.807, 2.05) is 0 Å². The van der Waals surface area contributed by atoms with Crippen molar-refractivity contribution >= 4 is 26.3 Å². The SMILES string of the molecule is NS(=O)(=O)c1cccc(-c2cc(S(N)(=O)=O)cc(C=O)c2O)c1. The second kappa shape index (κ2) is 5.74. The molecule has 2 aromatic carbocycles. The van der Waals surface area contributed by atoms with Gasteiger partial charge in [0.05, 0.1) is 15.4 Å². The summed E-state index contributed by atoms with van der Waals surface area (Å²) in [4.78, 5) is 10.4. The Hall–Kier alpha value is -2.27. The molecule has 0 heterocycles. The Morgan fingerprint density at radius 1 is 0.913 bits per heavy atom. The van der Waals surface area contributed by atoms with Gasteiger partial charge in [-0.25, -0.2) is 27.1 Å². The highest BCUT2D eigenvalue weighted by Crippen LogP contribution is 2.34. The zero-order chi connectivity index (χ0) is 17.4. The van der Waals surface area contributed by atoms with Crippen molar-refractivity contribution in [3.63, 3.8) is 0 Å². The number of carbonyl (C=O) groups is 1. The highest BCUT2D eigenvalue weighted by Gasteiger charge is 2.18. The van der Waals surface area contributed by atoms with Gasteiger partial charge in [0.2, 0.25) is 20.0 Å². The van der Waals surface area contributed by atoms with Crippen molar-refractivity contribution in [1.29, 1.82) is 0 Å². The number of aromatic hydroxyl groups is 1. The molecule has 2 rings (SSSR count). The number of sulfonamides is 2. The van der Waals surface area contributed by atoms with Crippen LogP contribution in [0.25, 0.3) is 11.1 Å². The van der Waals surface area contributed by atoms with E-state index < -0.39 is 30.7 Å². The molecule has 0 atom stereocenters. The monoisotopic (exact) mass is 356 g/mol. The van der Waals surface area contributed by atoms with E-state index in [1.54, 1.807) is 0 Å². The van der Waals surface area contributed by atoms with E-state index in [0.29, 0.717) is 0 Å². The van der Waals surface area contributed by atoms with Gasteiger partial charge in [-0.2, -0.15) is 0 Å². The highest BCUT2D eigenvalue weighted by molar-refractivity contribution is 7.89. The first-order valence-electron chi connectivity index (χ1n) is 6.02. The summed E-state index contributed by atoms with van der Waals surface area (Å²) in [6.45, 7) is 0. The summed E-state index contributed by atoms with van der Waals surface area (Å²) in [6.07, 6.45) is 0.261. The lowest BCUT2D eigenvalue weighted by Gasteiger charge is -2.10. The largest absolute Gasteiger partial charge is 0.507 e. The predicted molar refractivity (Wildman–Crippen MR) is 81.7 cm³/mol. The van der Waals surface area contributed by atoms with Crippen LogP contribution >= 0.6 is 0 Å². The zero-order valence-corrected chi connectivity index (χ0v) is 13.1. The molecule has 0 amide bonds. The van der Waals surface area contributed by atoms with Crippen molar-refractivity contribution < 1.29 is 26.7 Å². The smallest absolute Gasteiger partial charge is 0.238 e. The van der Waals surface area contributed by atoms with Gasteiger partial charge in [-0.05, 0) is 29.8 Å². The lowest BCUT2D eigenvalue weighted by molar-refractivity contribution is 0.112. The molecule has 0 fully saturated rings. The van der Waals surface area contributed by atoms with Crippen LogP contribution in [0.15, 0.2) is 46.2 Å². The molecule has 5 N–H and O–H groups in total. The molecule has 0 aliphatic heterocycles. The molecule has 0 aromatic heterocycles. The Morgan fingerprint density at radius 2 is 1.52 bits per heavy atom. The maximum atomic E-state index is 11.5. The molecule has 2 aromatic rings. The average Bonchev–Trinajstić information content (AvgIpc) is 2.45. The Labute approximate surface area is 132 Å². The molecular formula is C13H12N2O6S2. The molecule has 122 valence electrons. The number of hydrogen-bond donors (Lipinski definition) is 3. The standard InChI is InChI=1S/C13H12N2O6S2/c14-22(18,19)10-3-1-2-8(4-10)12-6-11(23(15,20)21)5-9(7-16)13(12)17/h1-7,17H,(H2,14,18,19)(H2,15,20,21). The van der Waals surface area contributed by atoms with Gasteiger partial charge < -0.3 is 5.11 Å². The van der Waals surface area contributed by atoms with E-state index in [0.717, 1.165) is 18.2 Å². The minimum atomic E-state index is -4.13. The molecule has 0 saturated carbocycles. The van der Waals surface area contributed by atoms with Gasteiger partial charge >= 0.3 is 0 Å². The van der Waals surface area contributed by atoms with Crippen molar-refractivity contribution in [3.8, 4) is 16.9 Å². The molecule has 10 heteroatoms. The number of aldehydes is 1. The van der Waals surface area contributed by atoms with Crippen LogP contribution in [0.1, 0.15) is 10.4 Å². The fourth-order valence-electron chi connectivity index (χ4n) is 1.94. The number of benzene rings is 2. The molecule has 0 radical (unpaired) electrons. The predicted octanol–water partition coefficient (Wildman–Crippen LogP) is 0.166. The first kappa shape index (κ1) is 17.1. The van der Waals surface area contributed by atoms with E-state index in [9.17, 15) is 26.7 Å². The number of carbonyl (C=O) groups excluding carboxylic acids is 1. The molecule has 0 aliphatic carbocycles. The third kappa shape index (κ3) is 3.56. The summed E-state index contributed by atoms with van der Waals surface area (Å²) in [7, 11) is -8.13. The average molecular weight is 356 g/mol. The molecule has 0 spiro atoms. The maximum Gasteiger partial charge on any atom is 0.238 e. The van der Waals surface area contributed by atoms with Crippen LogP contribution < -0.4 is 10.3 Å². The zero-order valence-electron chi connectivity index (χ0n) is 11.5. The summed E-state index contributed by atoms with van der Waals surface area (Å²) in [5.41, 5.74) is -0.209. The highest BCUT2D eigenvalue weighted by atomic mass is 32.2. The van der Waals surface area contributed by atoms with Gasteiger partial charge in [0, 0.05) is 5.56 Å². The normalized spacial score (nSPS) is 12.1. The fourth-order valence-corrected chi connectivity index (χ4v) is 3.08. The van der Waals surface area contributed by atoms with E-state index in [1.165, 1.54) is 18.2 Å². The first-order chi connectivity index (χ1) is 10.5. The molecule has 0 aliphatic rings. The summed E-state index contributed by atoms with van der Waals surface area (Å²) >= 11 is 0. The lowest BCUT2D eigenvalue weighted by Crippen LogP contribution is -2.13. The summed E-state index contributed by atoms with van der Waals surface area (Å²) < 4.78 is 45.8. The molecule has 0 bridgehead atoms. The summed E-state index contributed by atoms with van der Waals surface area (Å²) in [6, 6.07) is 7.13. The van der Waals surface area contributed by atoms with Crippen LogP contribution in [0, 0.1) is 0 Å². The quantitative estimate of drug-likeness (QED) is 0.662. The van der Waals surface area contributed by atoms with Gasteiger partial charge in [-0.3, -0.25) is 4.79 Å². The number of nitrogens with two attached hydrogens (primary N) is 2. The third-order valence-corrected chi connectivity index (χ3v) is 4.85. The Bertz CT molecular complexity index is 997. The van der Waals surface area contributed by atoms with E-state index in [2.05, 4.69) is 0 Å². The van der Waals surface area contributed by atoms with Crippen molar-refractivity contribution in [2.45, 2.75) is 9.79 Å². The number of phenolic OH excluding ortho intramolecular Hbond substituents is 1. The number of primary sulfonamides is 2. The van der Waals surface area contributed by atoms with Crippen LogP contribution in [-0.2, 0) is 20.0 Å². The van der Waals surface area contributed by atoms with E-state index in [-0.39, 0.29) is 27.9 Å². The Kier molecular flexibility index (Phi) is 4.26. The number of phenols is 1. The third-order valence-electron chi connectivity index (χ3n) is 3.04. The van der Waals surface area contributed by atoms with E-state index in [4.69, 9.17) is 10.3 Å². The van der Waals surface area contributed by atoms with Gasteiger partial charge in [0.15, 0.2) is 6.29 Å². The topological polar surface area (TPSA) is 158 Å². The van der Waals surface area contributed by atoms with Gasteiger partial charge in [0.25, 0.3) is 0 Å². The van der Waals surface area contributed by atoms with E-state index >= 15 is 0 Å². The Morgan fingerprint density at radius 3 is 2.04 bits per heavy atom. The maximum absolute atomic E-state index is 11.5. The lowest BCUT2D eigenvalue weighted by atomic mass is 10.0. The van der Waals surface area contributed by atoms with Crippen LogP contribution in [0.5, 0.6) is 5.75 Å². The first-order valence-corrected chi connectivity index (χ1v) is 9.11. The van der Waals surface area contributed by atoms with Crippen LogP contribution in [0.4, 0.5) is 0 Å². The van der Waals surface area contributed by atoms with Crippen LogP contribution in [-0.4, -0.2) is 28.2 Å². The Balaban J connectivity index is 2.80. The molecular weight excluding hydrogens is 344 g/mol. The van der Waals surface area contributed by atoms with Gasteiger partial charge in [-0.15, -0.1) is 0 Å². The molecule has 8 nitrogen and oxygen atoms in total. The van der Waals surface area contributed by atoms with Crippen molar-refractivity contribution in [2.24, 2.45) is 10.3 Å². The minimum absolute atomic E-state index is 0.0656. The van der Waals surface area contributed by atoms with Crippen molar-refractivity contribution in [2.75, 3.05) is 0 Å². The summed E-state index contributed by atoms with van der Waals surface area (Å²) in [5.74, 6) is -0.501. The number of hydrogen-bond acceptors (Lipinski definition) is 6. The molecule has 23 heavy (non-hydrogen) atoms. The molecule has 0 saturated heterocycles. The van der Waals surface area contributed by atoms with Crippen LogP contribution in [0.3, 0.4) is 0 Å². The minimum Gasteiger partial charge on any atom is -0.507 e. The van der Waals surface area contributed by atoms with Crippen molar-refractivity contribution in [1.82, 2.24) is 0 Å². The van der Waals surface area contributed by atoms with Gasteiger partial charge in [0.1, 0.15) is 5.75 Å². The second-order valence-electron chi connectivity index (χ2n) is 4.64. The van der Waals surface area contributed by atoms with Crippen molar-refractivity contribution in [3.05, 3.63) is 42.0 Å². The second-order valence-corrected chi connectivity index (χ2v) is 7.77. The summed E-state index contributed by atoms with van der Waals surface area (Å²) in [5, 5.41) is 20.1.